The van der Waals surface area contributed by atoms with Crippen molar-refractivity contribution in [2.45, 2.75) is 13.0 Å². The molecule has 26 heavy (non-hydrogen) atoms. The number of Topliss-reactive ketones (excluding diaryl/α,β-unsaturated/α-hetero) is 1. The summed E-state index contributed by atoms with van der Waals surface area (Å²) in [4.78, 5) is 23.0. The highest BCUT2D eigenvalue weighted by atomic mass is 35.5. The molecule has 2 aromatic carbocycles. The van der Waals surface area contributed by atoms with Gasteiger partial charge in [0, 0.05) is 22.7 Å². The lowest BCUT2D eigenvalue weighted by molar-refractivity contribution is -0.384. The molecular formula is C18H14ClN3O3S. The topological polar surface area (TPSA) is 84.3 Å². The van der Waals surface area contributed by atoms with E-state index in [1.807, 2.05) is 0 Å². The highest BCUT2D eigenvalue weighted by Crippen LogP contribution is 2.33. The maximum absolute atomic E-state index is 12.4. The fraction of sp³-hybridized carbons (Fsp3) is 0.111. The fourth-order valence-corrected chi connectivity index (χ4v) is 3.20. The van der Waals surface area contributed by atoms with E-state index in [1.165, 1.54) is 19.1 Å². The molecule has 2 N–H and O–H groups in total. The lowest BCUT2D eigenvalue weighted by Gasteiger charge is -2.31. The highest BCUT2D eigenvalue weighted by Gasteiger charge is 2.30. The highest BCUT2D eigenvalue weighted by molar-refractivity contribution is 7.80. The number of carbonyl (C=O) groups excluding carboxylic acids is 1. The zero-order valence-corrected chi connectivity index (χ0v) is 15.2. The lowest BCUT2D eigenvalue weighted by atomic mass is 9.90. The first kappa shape index (κ1) is 18.0. The number of hydrogen-bond donors (Lipinski definition) is 2. The second-order valence-electron chi connectivity index (χ2n) is 5.74. The van der Waals surface area contributed by atoms with Crippen molar-refractivity contribution in [3.63, 3.8) is 0 Å². The van der Waals surface area contributed by atoms with Gasteiger partial charge in [0.25, 0.3) is 5.69 Å². The molecule has 0 aromatic heterocycles. The van der Waals surface area contributed by atoms with E-state index in [1.54, 1.807) is 36.4 Å². The molecule has 6 nitrogen and oxygen atoms in total. The Kier molecular flexibility index (Phi) is 5.01. The van der Waals surface area contributed by atoms with Gasteiger partial charge in [0.1, 0.15) is 0 Å². The Morgan fingerprint density at radius 1 is 1.23 bits per heavy atom. The Morgan fingerprint density at radius 2 is 1.92 bits per heavy atom. The quantitative estimate of drug-likeness (QED) is 0.472. The number of hydrogen-bond acceptors (Lipinski definition) is 4. The number of thiocarbonyl (C=S) groups is 1. The predicted molar refractivity (Wildman–Crippen MR) is 104 cm³/mol. The zero-order chi connectivity index (χ0) is 18.8. The molecule has 0 spiro atoms. The molecule has 0 bridgehead atoms. The number of halogens is 1. The molecule has 0 saturated heterocycles. The molecule has 0 unspecified atom stereocenters. The Bertz CT molecular complexity index is 941. The lowest BCUT2D eigenvalue weighted by Crippen LogP contribution is -2.44. The normalized spacial score (nSPS) is 16.7. The number of rotatable bonds is 4. The number of nitrogens with one attached hydrogen (secondary N) is 2. The number of ketones is 1. The van der Waals surface area contributed by atoms with E-state index in [0.717, 1.165) is 5.56 Å². The van der Waals surface area contributed by atoms with E-state index >= 15 is 0 Å². The zero-order valence-electron chi connectivity index (χ0n) is 13.7. The number of carbonyl (C=O) groups is 1. The van der Waals surface area contributed by atoms with Crippen LogP contribution in [0.5, 0.6) is 0 Å². The summed E-state index contributed by atoms with van der Waals surface area (Å²) >= 11 is 11.2. The van der Waals surface area contributed by atoms with Crippen LogP contribution in [-0.4, -0.2) is 15.8 Å². The minimum Gasteiger partial charge on any atom is -0.351 e. The molecule has 1 heterocycles. The number of nitro groups is 1. The molecule has 2 aromatic rings. The maximum Gasteiger partial charge on any atom is 0.269 e. The van der Waals surface area contributed by atoms with Crippen LogP contribution >= 0.6 is 23.8 Å². The van der Waals surface area contributed by atoms with Crippen molar-refractivity contribution < 1.29 is 9.72 Å². The van der Waals surface area contributed by atoms with Crippen LogP contribution in [0.25, 0.3) is 5.70 Å². The van der Waals surface area contributed by atoms with Crippen LogP contribution in [0.4, 0.5) is 5.69 Å². The van der Waals surface area contributed by atoms with Gasteiger partial charge in [-0.2, -0.15) is 0 Å². The van der Waals surface area contributed by atoms with E-state index in [9.17, 15) is 14.9 Å². The molecule has 132 valence electrons. The summed E-state index contributed by atoms with van der Waals surface area (Å²) in [7, 11) is 0. The van der Waals surface area contributed by atoms with Crippen LogP contribution < -0.4 is 10.6 Å². The Labute approximate surface area is 160 Å². The fourth-order valence-electron chi connectivity index (χ4n) is 2.86. The molecule has 0 amide bonds. The monoisotopic (exact) mass is 387 g/mol. The van der Waals surface area contributed by atoms with Crippen molar-refractivity contribution in [2.24, 2.45) is 0 Å². The summed E-state index contributed by atoms with van der Waals surface area (Å²) in [5, 5.41) is 18.1. The molecule has 0 fully saturated rings. The van der Waals surface area contributed by atoms with Gasteiger partial charge in [0.15, 0.2) is 10.9 Å². The van der Waals surface area contributed by atoms with Gasteiger partial charge in [-0.1, -0.05) is 35.9 Å². The molecule has 0 saturated carbocycles. The summed E-state index contributed by atoms with van der Waals surface area (Å²) in [5.74, 6) is -0.172. The molecule has 1 aliphatic rings. The SMILES string of the molecule is CC(=O)C1=C(c2ccc(Cl)cc2)NC(=S)N[C@H]1c1cccc([N+](=O)[O-])c1. The first-order valence-electron chi connectivity index (χ1n) is 7.69. The largest absolute Gasteiger partial charge is 0.351 e. The molecule has 1 atom stereocenters. The summed E-state index contributed by atoms with van der Waals surface area (Å²) in [6.45, 7) is 1.45. The first-order valence-corrected chi connectivity index (χ1v) is 8.48. The number of nitrogens with zero attached hydrogens (tertiary/aromatic N) is 1. The van der Waals surface area contributed by atoms with Gasteiger partial charge in [0.2, 0.25) is 0 Å². The van der Waals surface area contributed by atoms with Gasteiger partial charge in [0.05, 0.1) is 16.7 Å². The van der Waals surface area contributed by atoms with Crippen LogP contribution in [0.3, 0.4) is 0 Å². The molecule has 0 aliphatic carbocycles. The summed E-state index contributed by atoms with van der Waals surface area (Å²) < 4.78 is 0. The van der Waals surface area contributed by atoms with Crippen LogP contribution in [-0.2, 0) is 4.79 Å². The number of non-ortho nitro benzene ring substituents is 1. The molecule has 0 radical (unpaired) electrons. The van der Waals surface area contributed by atoms with Crippen LogP contribution in [0, 0.1) is 10.1 Å². The van der Waals surface area contributed by atoms with Crippen molar-refractivity contribution in [1.29, 1.82) is 0 Å². The van der Waals surface area contributed by atoms with Gasteiger partial charge in [-0.15, -0.1) is 0 Å². The Balaban J connectivity index is 2.17. The first-order chi connectivity index (χ1) is 12.4. The van der Waals surface area contributed by atoms with E-state index in [-0.39, 0.29) is 11.5 Å². The third-order valence-corrected chi connectivity index (χ3v) is 4.47. The van der Waals surface area contributed by atoms with Crippen LogP contribution in [0.15, 0.2) is 54.1 Å². The summed E-state index contributed by atoms with van der Waals surface area (Å²) in [6, 6.07) is 12.6. The van der Waals surface area contributed by atoms with Crippen molar-refractivity contribution in [3.8, 4) is 0 Å². The minimum absolute atomic E-state index is 0.0512. The van der Waals surface area contributed by atoms with Crippen LogP contribution in [0.1, 0.15) is 24.1 Å². The van der Waals surface area contributed by atoms with E-state index in [0.29, 0.717) is 27.0 Å². The van der Waals surface area contributed by atoms with Gasteiger partial charge in [-0.05, 0) is 42.4 Å². The minimum atomic E-state index is -0.591. The van der Waals surface area contributed by atoms with Gasteiger partial charge >= 0.3 is 0 Å². The summed E-state index contributed by atoms with van der Waals surface area (Å²) in [6.07, 6.45) is 0. The third kappa shape index (κ3) is 3.58. The maximum atomic E-state index is 12.4. The smallest absolute Gasteiger partial charge is 0.269 e. The average Bonchev–Trinajstić information content (AvgIpc) is 2.61. The second-order valence-corrected chi connectivity index (χ2v) is 6.58. The van der Waals surface area contributed by atoms with Crippen molar-refractivity contribution >= 4 is 46.1 Å². The van der Waals surface area contributed by atoms with E-state index < -0.39 is 11.0 Å². The molecule has 3 rings (SSSR count). The third-order valence-electron chi connectivity index (χ3n) is 4.00. The van der Waals surface area contributed by atoms with Gasteiger partial charge in [-0.25, -0.2) is 0 Å². The van der Waals surface area contributed by atoms with Gasteiger partial charge in [-0.3, -0.25) is 14.9 Å². The standard InChI is InChI=1S/C18H14ClN3O3S/c1-10(23)15-16(11-5-7-13(19)8-6-11)20-18(26)21-17(15)12-3-2-4-14(9-12)22(24)25/h2-9,17H,1H3,(H2,20,21,26)/t17-/m0/s1. The predicted octanol–water partition coefficient (Wildman–Crippen LogP) is 3.77. The molecular weight excluding hydrogens is 374 g/mol. The molecule has 1 aliphatic heterocycles. The van der Waals surface area contributed by atoms with Crippen LogP contribution in [0.2, 0.25) is 5.02 Å². The average molecular weight is 388 g/mol. The second kappa shape index (κ2) is 7.23. The van der Waals surface area contributed by atoms with Crippen molar-refractivity contribution in [1.82, 2.24) is 10.6 Å². The number of benzene rings is 2. The Morgan fingerprint density at radius 3 is 2.54 bits per heavy atom. The van der Waals surface area contributed by atoms with Gasteiger partial charge < -0.3 is 10.6 Å². The van der Waals surface area contributed by atoms with E-state index in [4.69, 9.17) is 23.8 Å². The number of nitro benzene ring substituents is 1. The molecule has 8 heteroatoms. The van der Waals surface area contributed by atoms with E-state index in [2.05, 4.69) is 10.6 Å². The van der Waals surface area contributed by atoms with Crippen molar-refractivity contribution in [2.75, 3.05) is 0 Å². The Hall–Kier alpha value is -2.77. The summed E-state index contributed by atoms with van der Waals surface area (Å²) in [5.41, 5.74) is 2.29. The van der Waals surface area contributed by atoms with Crippen molar-refractivity contribution in [3.05, 3.63) is 80.4 Å².